The van der Waals surface area contributed by atoms with Gasteiger partial charge in [-0.3, -0.25) is 0 Å². The van der Waals surface area contributed by atoms with Gasteiger partial charge in [0.25, 0.3) is 5.66 Å². The molecule has 1 aromatic heterocycles. The van der Waals surface area contributed by atoms with Crippen molar-refractivity contribution >= 4 is 26.6 Å². The summed E-state index contributed by atoms with van der Waals surface area (Å²) in [6, 6.07) is 13.0. The van der Waals surface area contributed by atoms with Crippen LogP contribution in [0.2, 0.25) is 0 Å². The number of halogens is 2. The number of nitrogens with zero attached hydrogens (tertiary/aromatic N) is 4. The minimum Gasteiger partial charge on any atom is -0.355 e. The van der Waals surface area contributed by atoms with Crippen molar-refractivity contribution in [3.8, 4) is 11.4 Å². The van der Waals surface area contributed by atoms with Crippen molar-refractivity contribution in [2.75, 3.05) is 11.9 Å². The summed E-state index contributed by atoms with van der Waals surface area (Å²) in [4.78, 5) is 12.7. The lowest BCUT2D eigenvalue weighted by molar-refractivity contribution is 0.104. The number of urea groups is 1. The first-order valence-corrected chi connectivity index (χ1v) is 9.42. The molecule has 29 heavy (non-hydrogen) atoms. The number of hydrogen-bond donors (Lipinski definition) is 3. The predicted octanol–water partition coefficient (Wildman–Crippen LogP) is 2.69. The molecule has 4 rings (SSSR count). The van der Waals surface area contributed by atoms with Crippen LogP contribution in [0.25, 0.3) is 11.4 Å². The molecule has 0 bridgehead atoms. The molecule has 1 fully saturated rings. The lowest BCUT2D eigenvalue weighted by atomic mass is 10.1. The molecule has 0 spiro atoms. The predicted molar refractivity (Wildman–Crippen MR) is 107 cm³/mol. The normalized spacial score (nSPS) is 16.4. The Bertz CT molecular complexity index is 1020. The molecule has 1 aliphatic heterocycles. The van der Waals surface area contributed by atoms with Crippen LogP contribution in [-0.4, -0.2) is 38.8 Å². The lowest BCUT2D eigenvalue weighted by Crippen LogP contribution is -2.31. The fourth-order valence-electron chi connectivity index (χ4n) is 2.96. The van der Waals surface area contributed by atoms with Gasteiger partial charge in [0.15, 0.2) is 0 Å². The Morgan fingerprint density at radius 1 is 1.21 bits per heavy atom. The van der Waals surface area contributed by atoms with Crippen LogP contribution < -0.4 is 16.0 Å². The van der Waals surface area contributed by atoms with Crippen molar-refractivity contribution in [1.29, 1.82) is 0 Å². The summed E-state index contributed by atoms with van der Waals surface area (Å²) in [6.07, 6.45) is 0. The fourth-order valence-corrected chi connectivity index (χ4v) is 3.15. The Morgan fingerprint density at radius 3 is 2.66 bits per heavy atom. The van der Waals surface area contributed by atoms with E-state index >= 15 is 0 Å². The fraction of sp³-hybridized carbons (Fsp3) is 0.222. The maximum atomic E-state index is 13.4. The first-order chi connectivity index (χ1) is 13.9. The van der Waals surface area contributed by atoms with E-state index < -0.39 is 5.66 Å². The number of tetrazole rings is 1. The van der Waals surface area contributed by atoms with Gasteiger partial charge < -0.3 is 16.0 Å². The molecule has 2 amide bonds. The number of alkyl halides is 2. The summed E-state index contributed by atoms with van der Waals surface area (Å²) in [5.41, 5.74) is -0.962. The van der Waals surface area contributed by atoms with Gasteiger partial charge in [0.2, 0.25) is 5.82 Å². The second-order valence-corrected chi connectivity index (χ2v) is 7.32. The number of amides is 2. The van der Waals surface area contributed by atoms with E-state index in [1.807, 2.05) is 24.3 Å². The van der Waals surface area contributed by atoms with Crippen molar-refractivity contribution in [1.82, 2.24) is 30.8 Å². The Kier molecular flexibility index (Phi) is 5.10. The van der Waals surface area contributed by atoms with E-state index in [0.717, 1.165) is 0 Å². The summed E-state index contributed by atoms with van der Waals surface area (Å²) in [6.45, 7) is 0.894. The number of anilines is 2. The van der Waals surface area contributed by atoms with E-state index in [0.29, 0.717) is 35.9 Å². The van der Waals surface area contributed by atoms with Crippen LogP contribution in [-0.2, 0) is 12.2 Å². The highest BCUT2D eigenvalue weighted by Gasteiger charge is 2.24. The minimum atomic E-state index is -2.97. The van der Waals surface area contributed by atoms with Crippen molar-refractivity contribution in [2.45, 2.75) is 18.3 Å². The van der Waals surface area contributed by atoms with E-state index in [9.17, 15) is 13.6 Å². The number of carbonyl (C=O) groups is 1. The molecule has 150 valence electrons. The van der Waals surface area contributed by atoms with E-state index in [4.69, 9.17) is 0 Å². The standard InChI is InChI=1S/C18H18F2N7OP/c19-18(20,29)11-5-7-12(8-6-11)22-15-4-2-1-3-14(15)16-24-26-27(25-16)10-13-9-21-17(28)23-13/h1-8,13,22H,9-10,29H2,(H2,21,23,28). The third-order valence-corrected chi connectivity index (χ3v) is 4.73. The monoisotopic (exact) mass is 417 g/mol. The van der Waals surface area contributed by atoms with E-state index in [2.05, 4.69) is 31.4 Å². The molecule has 2 aromatic carbocycles. The molecular formula is C18H18F2N7OP. The molecular weight excluding hydrogens is 399 g/mol. The smallest absolute Gasteiger partial charge is 0.315 e. The van der Waals surface area contributed by atoms with Crippen molar-refractivity contribution in [2.24, 2.45) is 0 Å². The van der Waals surface area contributed by atoms with E-state index in [1.54, 1.807) is 12.1 Å². The summed E-state index contributed by atoms with van der Waals surface area (Å²) in [5, 5.41) is 21.2. The highest BCUT2D eigenvalue weighted by atomic mass is 31.0. The average molecular weight is 417 g/mol. The van der Waals surface area contributed by atoms with E-state index in [-0.39, 0.29) is 17.6 Å². The topological polar surface area (TPSA) is 96.8 Å². The molecule has 2 unspecified atom stereocenters. The van der Waals surface area contributed by atoms with Gasteiger partial charge in [-0.15, -0.1) is 10.2 Å². The molecule has 1 aliphatic rings. The van der Waals surface area contributed by atoms with Crippen LogP contribution in [0.15, 0.2) is 48.5 Å². The van der Waals surface area contributed by atoms with Crippen LogP contribution in [0, 0.1) is 0 Å². The van der Waals surface area contributed by atoms with Crippen LogP contribution >= 0.6 is 9.24 Å². The molecule has 0 saturated carbocycles. The zero-order valence-electron chi connectivity index (χ0n) is 15.1. The summed E-state index contributed by atoms with van der Waals surface area (Å²) < 4.78 is 26.7. The van der Waals surface area contributed by atoms with Gasteiger partial charge in [-0.25, -0.2) is 4.79 Å². The second-order valence-electron chi connectivity index (χ2n) is 6.59. The van der Waals surface area contributed by atoms with Crippen LogP contribution in [0.5, 0.6) is 0 Å². The molecule has 2 heterocycles. The summed E-state index contributed by atoms with van der Waals surface area (Å²) in [7, 11) is 1.53. The summed E-state index contributed by atoms with van der Waals surface area (Å²) >= 11 is 0. The number of benzene rings is 2. The third kappa shape index (κ3) is 4.48. The maximum Gasteiger partial charge on any atom is 0.315 e. The van der Waals surface area contributed by atoms with Crippen molar-refractivity contribution in [3.05, 3.63) is 54.1 Å². The van der Waals surface area contributed by atoms with Crippen LogP contribution in [0.4, 0.5) is 25.0 Å². The van der Waals surface area contributed by atoms with Gasteiger partial charge in [0.1, 0.15) is 0 Å². The quantitative estimate of drug-likeness (QED) is 0.536. The first kappa shape index (κ1) is 19.2. The van der Waals surface area contributed by atoms with Crippen LogP contribution in [0.1, 0.15) is 5.56 Å². The molecule has 1 saturated heterocycles. The molecule has 3 aromatic rings. The Labute approximate surface area is 167 Å². The number of carbonyl (C=O) groups excluding carboxylic acids is 1. The van der Waals surface area contributed by atoms with Crippen LogP contribution in [0.3, 0.4) is 0 Å². The first-order valence-electron chi connectivity index (χ1n) is 8.84. The number of aromatic nitrogens is 4. The molecule has 11 heteroatoms. The van der Waals surface area contributed by atoms with Gasteiger partial charge in [0, 0.05) is 29.0 Å². The number of para-hydroxylation sites is 1. The molecule has 2 atom stereocenters. The number of nitrogens with one attached hydrogen (secondary N) is 3. The van der Waals surface area contributed by atoms with Gasteiger partial charge in [0.05, 0.1) is 12.6 Å². The zero-order valence-corrected chi connectivity index (χ0v) is 16.3. The Balaban J connectivity index is 1.52. The van der Waals surface area contributed by atoms with Crippen molar-refractivity contribution in [3.63, 3.8) is 0 Å². The van der Waals surface area contributed by atoms with Gasteiger partial charge >= 0.3 is 6.03 Å². The Hall–Kier alpha value is -3.13. The number of rotatable bonds is 6. The van der Waals surface area contributed by atoms with Crippen molar-refractivity contribution < 1.29 is 13.6 Å². The minimum absolute atomic E-state index is 0.0839. The van der Waals surface area contributed by atoms with Gasteiger partial charge in [-0.05, 0) is 29.5 Å². The molecule has 3 N–H and O–H groups in total. The molecule has 0 aliphatic carbocycles. The largest absolute Gasteiger partial charge is 0.355 e. The van der Waals surface area contributed by atoms with E-state index in [1.165, 1.54) is 26.2 Å². The zero-order chi connectivity index (χ0) is 20.4. The molecule has 0 radical (unpaired) electrons. The average Bonchev–Trinajstić information content (AvgIpc) is 3.31. The highest BCUT2D eigenvalue weighted by molar-refractivity contribution is 7.17. The lowest BCUT2D eigenvalue weighted by Gasteiger charge is -2.13. The second kappa shape index (κ2) is 7.71. The van der Waals surface area contributed by atoms with Gasteiger partial charge in [-0.2, -0.15) is 13.6 Å². The number of hydrogen-bond acceptors (Lipinski definition) is 5. The summed E-state index contributed by atoms with van der Waals surface area (Å²) in [5.74, 6) is 0.415. The highest BCUT2D eigenvalue weighted by Crippen LogP contribution is 2.35. The van der Waals surface area contributed by atoms with Gasteiger partial charge in [-0.1, -0.05) is 33.5 Å². The molecule has 8 nitrogen and oxygen atoms in total. The third-order valence-electron chi connectivity index (χ3n) is 4.40. The SMILES string of the molecule is O=C1NCC(Cn2nnc(-c3ccccc3Nc3ccc(C(F)(F)P)cc3)n2)N1. The maximum absolute atomic E-state index is 13.4. The Morgan fingerprint density at radius 2 is 1.97 bits per heavy atom.